The number of benzene rings is 2. The number of carbonyl (C=O) groups excluding carboxylic acids is 2. The number of hydrogen-bond donors (Lipinski definition) is 2. The van der Waals surface area contributed by atoms with Gasteiger partial charge in [-0.1, -0.05) is 0 Å². The number of nitrogens with two attached hydrogens (primary N) is 1. The predicted octanol–water partition coefficient (Wildman–Crippen LogP) is 5.69. The second-order valence-electron chi connectivity index (χ2n) is 8.34. The summed E-state index contributed by atoms with van der Waals surface area (Å²) in [6.07, 6.45) is -8.46. The van der Waals surface area contributed by atoms with Crippen LogP contribution < -0.4 is 30.0 Å². The minimum atomic E-state index is -5.00. The van der Waals surface area contributed by atoms with Crippen molar-refractivity contribution in [3.8, 4) is 28.7 Å². The molecule has 0 spiro atoms. The van der Waals surface area contributed by atoms with E-state index in [2.05, 4.69) is 15.0 Å². The average molecular weight is 571 g/mol. The van der Waals surface area contributed by atoms with Crippen LogP contribution in [-0.2, 0) is 6.18 Å². The number of methoxy groups -OCH3 is 1. The molecule has 15 heteroatoms. The van der Waals surface area contributed by atoms with Gasteiger partial charge in [-0.05, 0) is 49.2 Å². The van der Waals surface area contributed by atoms with Gasteiger partial charge in [-0.15, -0.1) is 13.2 Å². The van der Waals surface area contributed by atoms with Crippen molar-refractivity contribution in [3.63, 3.8) is 0 Å². The van der Waals surface area contributed by atoms with E-state index in [1.807, 2.05) is 0 Å². The highest BCUT2D eigenvalue weighted by atomic mass is 19.4. The molecule has 0 bridgehead atoms. The van der Waals surface area contributed by atoms with Gasteiger partial charge >= 0.3 is 12.5 Å². The van der Waals surface area contributed by atoms with Crippen molar-refractivity contribution in [2.75, 3.05) is 12.4 Å². The highest BCUT2D eigenvalue weighted by Crippen LogP contribution is 2.46. The molecule has 212 valence electrons. The highest BCUT2D eigenvalue weighted by molar-refractivity contribution is 6.09. The molecule has 1 aliphatic rings. The van der Waals surface area contributed by atoms with E-state index in [4.69, 9.17) is 19.9 Å². The van der Waals surface area contributed by atoms with Crippen molar-refractivity contribution in [3.05, 3.63) is 65.5 Å². The molecule has 4 rings (SSSR count). The summed E-state index contributed by atoms with van der Waals surface area (Å²) in [5.41, 5.74) is 3.02. The van der Waals surface area contributed by atoms with Gasteiger partial charge in [-0.2, -0.15) is 13.2 Å². The molecule has 3 aromatic rings. The number of amides is 2. The van der Waals surface area contributed by atoms with Crippen molar-refractivity contribution in [2.45, 2.75) is 31.5 Å². The number of pyridine rings is 1. The Balaban J connectivity index is 1.80. The summed E-state index contributed by atoms with van der Waals surface area (Å²) in [6, 6.07) is 6.63. The maximum absolute atomic E-state index is 14.0. The smallest absolute Gasteiger partial charge is 0.493 e. The van der Waals surface area contributed by atoms with Crippen molar-refractivity contribution < 1.29 is 54.9 Å². The van der Waals surface area contributed by atoms with E-state index in [9.17, 15) is 35.9 Å². The van der Waals surface area contributed by atoms with Crippen molar-refractivity contribution in [1.29, 1.82) is 0 Å². The van der Waals surface area contributed by atoms with Crippen molar-refractivity contribution in [2.24, 2.45) is 5.73 Å². The van der Waals surface area contributed by atoms with Gasteiger partial charge in [0.15, 0.2) is 11.5 Å². The number of aromatic nitrogens is 1. The van der Waals surface area contributed by atoms with Gasteiger partial charge in [0, 0.05) is 18.0 Å². The average Bonchev–Trinajstić information content (AvgIpc) is 3.67. The molecule has 40 heavy (non-hydrogen) atoms. The first kappa shape index (κ1) is 28.3. The lowest BCUT2D eigenvalue weighted by Crippen LogP contribution is -2.20. The molecule has 3 N–H and O–H groups in total. The Bertz CT molecular complexity index is 1440. The molecule has 0 aliphatic heterocycles. The van der Waals surface area contributed by atoms with E-state index in [0.717, 1.165) is 43.6 Å². The summed E-state index contributed by atoms with van der Waals surface area (Å²) in [7, 11) is 1.11. The van der Waals surface area contributed by atoms with Gasteiger partial charge in [0.1, 0.15) is 28.5 Å². The summed E-state index contributed by atoms with van der Waals surface area (Å²) in [4.78, 5) is 28.6. The maximum atomic E-state index is 14.0. The van der Waals surface area contributed by atoms with Crippen LogP contribution in [0, 0.1) is 0 Å². The van der Waals surface area contributed by atoms with Crippen LogP contribution in [0.3, 0.4) is 0 Å². The van der Waals surface area contributed by atoms with Gasteiger partial charge in [0.25, 0.3) is 11.8 Å². The third-order valence-corrected chi connectivity index (χ3v) is 5.32. The van der Waals surface area contributed by atoms with E-state index < -0.39 is 58.8 Å². The Morgan fingerprint density at radius 1 is 0.975 bits per heavy atom. The fourth-order valence-corrected chi connectivity index (χ4v) is 3.45. The third kappa shape index (κ3) is 6.84. The number of nitrogens with one attached hydrogen (secondary N) is 1. The number of nitrogens with zero attached hydrogens (tertiary/aromatic N) is 1. The SMILES string of the molecule is COc1cc(OC(F)(F)F)ccc1Oc1ccc(C(F)(F)F)c(OC2CC2)c1C(=O)Nc1ccnc(C(N)=O)c1. The summed E-state index contributed by atoms with van der Waals surface area (Å²) in [5, 5.41) is 2.37. The summed E-state index contributed by atoms with van der Waals surface area (Å²) in [5.74, 6) is -4.46. The van der Waals surface area contributed by atoms with E-state index in [-0.39, 0.29) is 22.9 Å². The van der Waals surface area contributed by atoms with Crippen LogP contribution in [0.4, 0.5) is 32.0 Å². The number of carbonyl (C=O) groups is 2. The molecule has 0 radical (unpaired) electrons. The van der Waals surface area contributed by atoms with E-state index in [1.165, 1.54) is 6.07 Å². The first-order chi connectivity index (χ1) is 18.7. The quantitative estimate of drug-likeness (QED) is 0.317. The number of hydrogen-bond acceptors (Lipinski definition) is 7. The number of halogens is 6. The van der Waals surface area contributed by atoms with Gasteiger partial charge in [0.05, 0.1) is 18.8 Å². The van der Waals surface area contributed by atoms with Crippen LogP contribution in [0.1, 0.15) is 39.3 Å². The van der Waals surface area contributed by atoms with Crippen molar-refractivity contribution >= 4 is 17.5 Å². The van der Waals surface area contributed by atoms with Crippen LogP contribution in [0.5, 0.6) is 28.7 Å². The van der Waals surface area contributed by atoms with E-state index >= 15 is 0 Å². The Morgan fingerprint density at radius 3 is 2.27 bits per heavy atom. The molecule has 1 aliphatic carbocycles. The summed E-state index contributed by atoms with van der Waals surface area (Å²) >= 11 is 0. The number of anilines is 1. The highest BCUT2D eigenvalue weighted by Gasteiger charge is 2.40. The maximum Gasteiger partial charge on any atom is 0.573 e. The molecule has 1 aromatic heterocycles. The normalized spacial score (nSPS) is 13.4. The molecule has 2 aromatic carbocycles. The molecular weight excluding hydrogens is 552 g/mol. The lowest BCUT2D eigenvalue weighted by molar-refractivity contribution is -0.274. The third-order valence-electron chi connectivity index (χ3n) is 5.32. The fourth-order valence-electron chi connectivity index (χ4n) is 3.45. The zero-order chi connectivity index (χ0) is 29.2. The monoisotopic (exact) mass is 571 g/mol. The van der Waals surface area contributed by atoms with Gasteiger partial charge < -0.3 is 30.0 Å². The van der Waals surface area contributed by atoms with Gasteiger partial charge in [-0.25, -0.2) is 0 Å². The first-order valence-corrected chi connectivity index (χ1v) is 11.3. The fraction of sp³-hybridized carbons (Fsp3) is 0.240. The molecule has 1 saturated carbocycles. The molecule has 0 atom stereocenters. The summed E-state index contributed by atoms with van der Waals surface area (Å²) in [6.45, 7) is 0. The van der Waals surface area contributed by atoms with Crippen LogP contribution in [0.25, 0.3) is 0 Å². The summed E-state index contributed by atoms with van der Waals surface area (Å²) < 4.78 is 99.8. The van der Waals surface area contributed by atoms with Gasteiger partial charge in [0.2, 0.25) is 0 Å². The van der Waals surface area contributed by atoms with Crippen LogP contribution in [-0.4, -0.2) is 36.4 Å². The number of alkyl halides is 6. The Morgan fingerprint density at radius 2 is 1.68 bits per heavy atom. The van der Waals surface area contributed by atoms with Crippen LogP contribution >= 0.6 is 0 Å². The molecule has 2 amide bonds. The Hall–Kier alpha value is -4.69. The predicted molar refractivity (Wildman–Crippen MR) is 126 cm³/mol. The molecular formula is C25H19F6N3O6. The van der Waals surface area contributed by atoms with E-state index in [0.29, 0.717) is 18.9 Å². The van der Waals surface area contributed by atoms with Crippen molar-refractivity contribution in [1.82, 2.24) is 4.98 Å². The molecule has 0 saturated heterocycles. The van der Waals surface area contributed by atoms with Crippen LogP contribution in [0.15, 0.2) is 48.7 Å². The second-order valence-corrected chi connectivity index (χ2v) is 8.34. The number of rotatable bonds is 9. The molecule has 9 nitrogen and oxygen atoms in total. The standard InChI is InChI=1S/C25H19F6N3O6/c1-37-19-11-14(40-25(29,30)31)4-6-17(19)39-18-7-5-15(24(26,27)28)21(38-13-2-3-13)20(18)23(36)34-12-8-9-33-16(10-12)22(32)35/h4-11,13H,2-3H2,1H3,(H2,32,35)(H,33,34,36). The number of primary amides is 1. The largest absolute Gasteiger partial charge is 0.573 e. The minimum Gasteiger partial charge on any atom is -0.493 e. The molecule has 1 fully saturated rings. The minimum absolute atomic E-state index is 0.0271. The first-order valence-electron chi connectivity index (χ1n) is 11.3. The molecule has 1 heterocycles. The lowest BCUT2D eigenvalue weighted by atomic mass is 10.1. The number of ether oxygens (including phenoxy) is 4. The zero-order valence-electron chi connectivity index (χ0n) is 20.4. The lowest BCUT2D eigenvalue weighted by Gasteiger charge is -2.21. The van der Waals surface area contributed by atoms with Gasteiger partial charge in [-0.3, -0.25) is 14.6 Å². The Kier molecular flexibility index (Phi) is 7.66. The Labute approximate surface area is 221 Å². The second kappa shape index (κ2) is 10.8. The topological polar surface area (TPSA) is 122 Å². The van der Waals surface area contributed by atoms with E-state index in [1.54, 1.807) is 0 Å². The zero-order valence-corrected chi connectivity index (χ0v) is 20.4. The van der Waals surface area contributed by atoms with Crippen LogP contribution in [0.2, 0.25) is 0 Å². The molecule has 0 unspecified atom stereocenters.